The van der Waals surface area contributed by atoms with E-state index in [1.54, 1.807) is 12.7 Å². The summed E-state index contributed by atoms with van der Waals surface area (Å²) in [6.45, 7) is 18.5. The maximum Gasteiger partial charge on any atom is 0.279 e. The highest BCUT2D eigenvalue weighted by Gasteiger charge is 2.50. The third-order valence-corrected chi connectivity index (χ3v) is 20.1. The maximum atomic E-state index is 7.58. The third-order valence-electron chi connectivity index (χ3n) is 20.1. The molecule has 0 bridgehead atoms. The zero-order chi connectivity index (χ0) is 59.6. The number of hydrogen-bond acceptors (Lipinski definition) is 9. The molecule has 88 heavy (non-hydrogen) atoms. The van der Waals surface area contributed by atoms with E-state index < -0.39 is 0 Å². The molecule has 0 saturated heterocycles. The summed E-state index contributed by atoms with van der Waals surface area (Å²) in [6.07, 6.45) is 9.65. The number of hydrogen-bond donors (Lipinski definition) is 0. The summed E-state index contributed by atoms with van der Waals surface area (Å²) in [7, 11) is 0. The lowest BCUT2D eigenvalue weighted by atomic mass is 9.31. The molecule has 0 amide bonds. The Bertz CT molecular complexity index is 4320. The van der Waals surface area contributed by atoms with Crippen LogP contribution >= 0.6 is 0 Å². The Kier molecular flexibility index (Phi) is 11.3. The molecule has 4 aliphatic heterocycles. The van der Waals surface area contributed by atoms with Gasteiger partial charge in [-0.05, 0) is 168 Å². The van der Waals surface area contributed by atoms with Gasteiger partial charge < -0.3 is 24.2 Å². The predicted molar refractivity (Wildman–Crippen MR) is 359 cm³/mol. The van der Waals surface area contributed by atoms with E-state index in [1.165, 1.54) is 33.4 Å². The van der Waals surface area contributed by atoms with Crippen LogP contribution < -0.4 is 57.2 Å². The van der Waals surface area contributed by atoms with Gasteiger partial charge in [0.2, 0.25) is 0 Å². The van der Waals surface area contributed by atoms with Gasteiger partial charge in [-0.25, -0.2) is 15.0 Å². The topological polar surface area (TPSA) is 79.7 Å². The molecule has 6 heterocycles. The van der Waals surface area contributed by atoms with Crippen molar-refractivity contribution in [3.05, 3.63) is 258 Å². The van der Waals surface area contributed by atoms with E-state index in [0.717, 1.165) is 114 Å². The molecular formula is C77H65B2N7O2. The lowest BCUT2D eigenvalue weighted by molar-refractivity contribution is 0.402. The number of nitrogens with zero attached hydrogens (tertiary/aromatic N) is 7. The number of rotatable bonds is 8. The summed E-state index contributed by atoms with van der Waals surface area (Å²) in [6, 6.07) is 70.6. The Balaban J connectivity index is 0.899. The second kappa shape index (κ2) is 18.9. The fourth-order valence-corrected chi connectivity index (χ4v) is 17.0. The van der Waals surface area contributed by atoms with Gasteiger partial charge in [0.05, 0.1) is 23.3 Å². The molecule has 0 spiro atoms. The lowest BCUT2D eigenvalue weighted by Gasteiger charge is -2.41. The van der Waals surface area contributed by atoms with Crippen LogP contribution in [-0.4, -0.2) is 33.4 Å². The highest BCUT2D eigenvalue weighted by molar-refractivity contribution is 7.01. The fourth-order valence-electron chi connectivity index (χ4n) is 17.0. The Labute approximate surface area is 515 Å². The van der Waals surface area contributed by atoms with Gasteiger partial charge in [-0.3, -0.25) is 4.98 Å². The van der Waals surface area contributed by atoms with Crippen LogP contribution in [-0.2, 0) is 21.7 Å². The van der Waals surface area contributed by atoms with Crippen LogP contribution in [0.15, 0.2) is 219 Å². The number of para-hydroxylation sites is 4. The van der Waals surface area contributed by atoms with E-state index in [1.807, 2.05) is 6.20 Å². The van der Waals surface area contributed by atoms with E-state index in [9.17, 15) is 0 Å². The molecule has 9 aromatic carbocycles. The van der Waals surface area contributed by atoms with Gasteiger partial charge in [0.1, 0.15) is 35.7 Å². The standard InChI is InChI=1S/C77H65B2N7O2/c1-74(2)43-76(5,6)59-33-47(29-31-57(59)74)69-55-34-53(84(48-21-13-9-14-22-48)49-23-15-10-16-24-49)37-67-70(55)78(72-56(69)41-80-45-82-72)61-39-62-66(40-65(61)87-67)88-68-38-54(85(50-25-17-11-18-26-50)51-27-19-12-20-28-51)36-63-71(68)79(62)73-64(42-81-46-83-73)86(63)52-30-32-58-60(35-52)77(7,8)44-75(58,3)4/h9-42,45-46,69H,43-44H2,1-8H3. The molecule has 6 aliphatic rings. The molecule has 11 heteroatoms. The van der Waals surface area contributed by atoms with Crippen LogP contribution in [0.1, 0.15) is 113 Å². The number of ether oxygens (including phenoxy) is 2. The minimum Gasteiger partial charge on any atom is -0.458 e. The minimum atomic E-state index is -0.345. The van der Waals surface area contributed by atoms with Crippen LogP contribution in [0.4, 0.5) is 51.2 Å². The summed E-state index contributed by atoms with van der Waals surface area (Å²) in [4.78, 5) is 27.5. The van der Waals surface area contributed by atoms with Crippen molar-refractivity contribution in [1.82, 2.24) is 19.9 Å². The number of benzene rings is 9. The molecule has 11 aromatic rings. The van der Waals surface area contributed by atoms with Gasteiger partial charge in [0.15, 0.2) is 0 Å². The van der Waals surface area contributed by atoms with Crippen molar-refractivity contribution in [1.29, 1.82) is 0 Å². The van der Waals surface area contributed by atoms with Crippen LogP contribution in [0, 0.1) is 0 Å². The van der Waals surface area contributed by atoms with Crippen molar-refractivity contribution in [2.75, 3.05) is 14.7 Å². The third kappa shape index (κ3) is 7.87. The van der Waals surface area contributed by atoms with Gasteiger partial charge >= 0.3 is 0 Å². The SMILES string of the molecule is CC1(C)CC(C)(C)c2cc(C3c4cncnc4B4c5cc6c(cc5Oc5cc(N(c7ccccc7)c7ccccc7)cc3c54)Oc3cc(N(c4ccccc4)c4ccccc4)cc4c3B6c3ncncc3N4c3ccc4c(c3)C(C)(C)CC4(C)C)ccc21. The first-order chi connectivity index (χ1) is 42.6. The highest BCUT2D eigenvalue weighted by atomic mass is 16.5. The van der Waals surface area contributed by atoms with Gasteiger partial charge in [-0.15, -0.1) is 0 Å². The first-order valence-corrected chi connectivity index (χ1v) is 31.0. The normalized spacial score (nSPS) is 17.4. The molecule has 0 radical (unpaired) electrons. The van der Waals surface area contributed by atoms with Gasteiger partial charge in [0, 0.05) is 75.6 Å². The Morgan fingerprint density at radius 2 is 0.886 bits per heavy atom. The summed E-state index contributed by atoms with van der Waals surface area (Å²) in [5.41, 5.74) is 24.2. The van der Waals surface area contributed by atoms with Gasteiger partial charge in [0.25, 0.3) is 13.4 Å². The van der Waals surface area contributed by atoms with E-state index >= 15 is 0 Å². The number of aromatic nitrogens is 4. The monoisotopic (exact) mass is 1140 g/mol. The average Bonchev–Trinajstić information content (AvgIpc) is 0.925. The molecule has 9 nitrogen and oxygen atoms in total. The molecule has 0 N–H and O–H groups in total. The van der Waals surface area contributed by atoms with Crippen molar-refractivity contribution in [2.24, 2.45) is 0 Å². The largest absolute Gasteiger partial charge is 0.458 e. The lowest BCUT2D eigenvalue weighted by Crippen LogP contribution is -2.64. The van der Waals surface area contributed by atoms with Crippen molar-refractivity contribution >= 4 is 97.6 Å². The molecular weight excluding hydrogens is 1080 g/mol. The molecule has 2 aliphatic carbocycles. The first kappa shape index (κ1) is 52.6. The van der Waals surface area contributed by atoms with Crippen molar-refractivity contribution < 1.29 is 9.47 Å². The van der Waals surface area contributed by atoms with Gasteiger partial charge in [-0.1, -0.05) is 159 Å². The molecule has 17 rings (SSSR count). The Morgan fingerprint density at radius 3 is 1.45 bits per heavy atom. The molecule has 426 valence electrons. The highest BCUT2D eigenvalue weighted by Crippen LogP contribution is 2.54. The zero-order valence-corrected chi connectivity index (χ0v) is 50.9. The molecule has 1 unspecified atom stereocenters. The van der Waals surface area contributed by atoms with Crippen molar-refractivity contribution in [3.63, 3.8) is 0 Å². The maximum absolute atomic E-state index is 7.58. The molecule has 0 fully saturated rings. The average molecular weight is 1140 g/mol. The van der Waals surface area contributed by atoms with E-state index in [4.69, 9.17) is 29.4 Å². The zero-order valence-electron chi connectivity index (χ0n) is 50.9. The van der Waals surface area contributed by atoms with Crippen molar-refractivity contribution in [2.45, 2.75) is 95.8 Å². The van der Waals surface area contributed by atoms with Crippen LogP contribution in [0.2, 0.25) is 0 Å². The summed E-state index contributed by atoms with van der Waals surface area (Å²) < 4.78 is 15.1. The van der Waals surface area contributed by atoms with Crippen LogP contribution in [0.3, 0.4) is 0 Å². The van der Waals surface area contributed by atoms with E-state index in [2.05, 4.69) is 270 Å². The summed E-state index contributed by atoms with van der Waals surface area (Å²) in [5.74, 6) is 2.76. The number of anilines is 9. The summed E-state index contributed by atoms with van der Waals surface area (Å²) in [5, 5.41) is 0. The second-order valence-corrected chi connectivity index (χ2v) is 27.7. The first-order valence-electron chi connectivity index (χ1n) is 31.0. The van der Waals surface area contributed by atoms with Crippen LogP contribution in [0.25, 0.3) is 0 Å². The predicted octanol–water partition coefficient (Wildman–Crippen LogP) is 14.6. The minimum absolute atomic E-state index is 0.0118. The Morgan fingerprint density at radius 1 is 0.409 bits per heavy atom. The second-order valence-electron chi connectivity index (χ2n) is 27.7. The molecule has 2 aromatic heterocycles. The molecule has 1 atom stereocenters. The van der Waals surface area contributed by atoms with E-state index in [0.29, 0.717) is 11.5 Å². The summed E-state index contributed by atoms with van der Waals surface area (Å²) >= 11 is 0. The fraction of sp³-hybridized carbons (Fsp3) is 0.195. The van der Waals surface area contributed by atoms with Crippen LogP contribution in [0.5, 0.6) is 23.0 Å². The smallest absolute Gasteiger partial charge is 0.279 e. The van der Waals surface area contributed by atoms with E-state index in [-0.39, 0.29) is 41.0 Å². The van der Waals surface area contributed by atoms with Crippen molar-refractivity contribution in [3.8, 4) is 23.0 Å². The van der Waals surface area contributed by atoms with Gasteiger partial charge in [-0.2, -0.15) is 0 Å². The quantitative estimate of drug-likeness (QED) is 0.138. The number of fused-ring (bicyclic) bond motifs is 10. The Hall–Kier alpha value is -9.73. The molecule has 0 saturated carbocycles.